The van der Waals surface area contributed by atoms with E-state index in [0.717, 1.165) is 0 Å². The van der Waals surface area contributed by atoms with Crippen molar-refractivity contribution in [2.24, 2.45) is 5.10 Å². The lowest BCUT2D eigenvalue weighted by atomic mass is 10.2. The molecule has 0 atom stereocenters. The van der Waals surface area contributed by atoms with Crippen molar-refractivity contribution in [3.63, 3.8) is 0 Å². The molecule has 2 rings (SSSR count). The van der Waals surface area contributed by atoms with Crippen molar-refractivity contribution >= 4 is 18.0 Å². The molecule has 10 heteroatoms. The number of benzene rings is 2. The number of hydrazone groups is 1. The SMILES string of the molecule is COc1cc(OC)cc(C(=O)NCC(=O)N/N=C/c2cc(OC)c(OC)c(OC)c2)c1. The molecule has 0 aromatic heterocycles. The lowest BCUT2D eigenvalue weighted by molar-refractivity contribution is -0.120. The van der Waals surface area contributed by atoms with E-state index < -0.39 is 11.8 Å². The Bertz CT molecular complexity index is 913. The summed E-state index contributed by atoms with van der Waals surface area (Å²) in [5.41, 5.74) is 3.25. The number of nitrogens with zero attached hydrogens (tertiary/aromatic N) is 1. The maximum Gasteiger partial charge on any atom is 0.259 e. The molecule has 0 saturated heterocycles. The molecule has 0 fully saturated rings. The molecule has 2 aromatic rings. The van der Waals surface area contributed by atoms with E-state index in [1.54, 1.807) is 30.3 Å². The summed E-state index contributed by atoms with van der Waals surface area (Å²) in [6.45, 7) is -0.273. The van der Waals surface area contributed by atoms with Gasteiger partial charge in [-0.3, -0.25) is 9.59 Å². The van der Waals surface area contributed by atoms with Gasteiger partial charge in [-0.2, -0.15) is 5.10 Å². The number of carbonyl (C=O) groups excluding carboxylic acids is 2. The first-order chi connectivity index (χ1) is 14.9. The summed E-state index contributed by atoms with van der Waals surface area (Å²) in [7, 11) is 7.47. The van der Waals surface area contributed by atoms with Crippen molar-refractivity contribution < 1.29 is 33.3 Å². The van der Waals surface area contributed by atoms with Gasteiger partial charge in [0.15, 0.2) is 11.5 Å². The lowest BCUT2D eigenvalue weighted by Gasteiger charge is -2.12. The molecular formula is C21H25N3O7. The number of amides is 2. The summed E-state index contributed by atoms with van der Waals surface area (Å²) >= 11 is 0. The highest BCUT2D eigenvalue weighted by molar-refractivity contribution is 5.97. The van der Waals surface area contributed by atoms with Crippen LogP contribution in [0.1, 0.15) is 15.9 Å². The smallest absolute Gasteiger partial charge is 0.259 e. The van der Waals surface area contributed by atoms with Gasteiger partial charge in [-0.15, -0.1) is 0 Å². The van der Waals surface area contributed by atoms with E-state index in [0.29, 0.717) is 39.9 Å². The Morgan fingerprint density at radius 1 is 0.839 bits per heavy atom. The minimum atomic E-state index is -0.507. The van der Waals surface area contributed by atoms with Gasteiger partial charge in [0.1, 0.15) is 11.5 Å². The fourth-order valence-corrected chi connectivity index (χ4v) is 2.60. The van der Waals surface area contributed by atoms with Crippen LogP contribution in [0.4, 0.5) is 0 Å². The molecule has 0 heterocycles. The second kappa shape index (κ2) is 11.3. The topological polar surface area (TPSA) is 117 Å². The van der Waals surface area contributed by atoms with Crippen molar-refractivity contribution in [3.05, 3.63) is 41.5 Å². The van der Waals surface area contributed by atoms with Crippen LogP contribution in [0.2, 0.25) is 0 Å². The van der Waals surface area contributed by atoms with E-state index in [9.17, 15) is 9.59 Å². The number of carbonyl (C=O) groups is 2. The Hall–Kier alpha value is -3.95. The van der Waals surface area contributed by atoms with Gasteiger partial charge in [0.05, 0.1) is 48.3 Å². The van der Waals surface area contributed by atoms with Gasteiger partial charge in [0.2, 0.25) is 5.75 Å². The first kappa shape index (κ1) is 23.3. The summed E-state index contributed by atoms with van der Waals surface area (Å²) in [6, 6.07) is 8.07. The predicted octanol–water partition coefficient (Wildman–Crippen LogP) is 1.61. The molecule has 31 heavy (non-hydrogen) atoms. The summed E-state index contributed by atoms with van der Waals surface area (Å²) in [6.07, 6.45) is 1.41. The van der Waals surface area contributed by atoms with Gasteiger partial charge in [0, 0.05) is 17.2 Å². The van der Waals surface area contributed by atoms with Crippen LogP contribution in [-0.4, -0.2) is 60.1 Å². The van der Waals surface area contributed by atoms with Gasteiger partial charge in [-0.25, -0.2) is 5.43 Å². The molecule has 0 unspecified atom stereocenters. The number of nitrogens with one attached hydrogen (secondary N) is 2. The third kappa shape index (κ3) is 6.26. The van der Waals surface area contributed by atoms with Gasteiger partial charge in [0.25, 0.3) is 11.8 Å². The minimum Gasteiger partial charge on any atom is -0.497 e. The van der Waals surface area contributed by atoms with E-state index >= 15 is 0 Å². The second-order valence-corrected chi connectivity index (χ2v) is 6.04. The van der Waals surface area contributed by atoms with Crippen molar-refractivity contribution in [2.75, 3.05) is 42.1 Å². The fourth-order valence-electron chi connectivity index (χ4n) is 2.60. The van der Waals surface area contributed by atoms with Gasteiger partial charge >= 0.3 is 0 Å². The molecule has 0 aliphatic heterocycles. The number of ether oxygens (including phenoxy) is 5. The first-order valence-corrected chi connectivity index (χ1v) is 9.08. The predicted molar refractivity (Wildman–Crippen MR) is 114 cm³/mol. The molecule has 0 aliphatic carbocycles. The molecule has 0 radical (unpaired) electrons. The molecule has 2 N–H and O–H groups in total. The zero-order valence-electron chi connectivity index (χ0n) is 18.0. The van der Waals surface area contributed by atoms with E-state index in [1.165, 1.54) is 41.8 Å². The average Bonchev–Trinajstić information content (AvgIpc) is 2.81. The molecule has 10 nitrogen and oxygen atoms in total. The lowest BCUT2D eigenvalue weighted by Crippen LogP contribution is -2.34. The Labute approximate surface area is 180 Å². The van der Waals surface area contributed by atoms with E-state index in [4.69, 9.17) is 23.7 Å². The summed E-state index contributed by atoms with van der Waals surface area (Å²) in [5.74, 6) is 1.31. The van der Waals surface area contributed by atoms with Gasteiger partial charge in [-0.05, 0) is 24.3 Å². The van der Waals surface area contributed by atoms with E-state index in [-0.39, 0.29) is 6.54 Å². The zero-order chi connectivity index (χ0) is 22.8. The van der Waals surface area contributed by atoms with Crippen LogP contribution in [-0.2, 0) is 4.79 Å². The fraction of sp³-hybridized carbons (Fsp3) is 0.286. The number of hydrogen-bond acceptors (Lipinski definition) is 8. The third-order valence-electron chi connectivity index (χ3n) is 4.11. The molecule has 0 spiro atoms. The van der Waals surface area contributed by atoms with Gasteiger partial charge in [-0.1, -0.05) is 0 Å². The Balaban J connectivity index is 1.97. The maximum atomic E-state index is 12.3. The standard InChI is InChI=1S/C21H25N3O7/c1-27-15-8-14(9-16(10-15)28-2)21(26)22-12-19(25)24-23-11-13-6-17(29-3)20(31-5)18(7-13)30-4/h6-11H,12H2,1-5H3,(H,22,26)(H,24,25)/b23-11+. The van der Waals surface area contributed by atoms with Crippen molar-refractivity contribution in [3.8, 4) is 28.7 Å². The van der Waals surface area contributed by atoms with Crippen LogP contribution >= 0.6 is 0 Å². The summed E-state index contributed by atoms with van der Waals surface area (Å²) in [4.78, 5) is 24.3. The maximum absolute atomic E-state index is 12.3. The summed E-state index contributed by atoms with van der Waals surface area (Å²) < 4.78 is 26.1. The number of hydrogen-bond donors (Lipinski definition) is 2. The summed E-state index contributed by atoms with van der Waals surface area (Å²) in [5, 5.41) is 6.39. The van der Waals surface area contributed by atoms with Gasteiger partial charge < -0.3 is 29.0 Å². The van der Waals surface area contributed by atoms with Crippen LogP contribution in [0.15, 0.2) is 35.4 Å². The Morgan fingerprint density at radius 2 is 1.42 bits per heavy atom. The largest absolute Gasteiger partial charge is 0.497 e. The number of methoxy groups -OCH3 is 5. The number of rotatable bonds is 10. The van der Waals surface area contributed by atoms with Crippen LogP contribution in [0, 0.1) is 0 Å². The highest BCUT2D eigenvalue weighted by Crippen LogP contribution is 2.37. The molecule has 2 amide bonds. The zero-order valence-corrected chi connectivity index (χ0v) is 18.0. The van der Waals surface area contributed by atoms with Crippen LogP contribution in [0.5, 0.6) is 28.7 Å². The van der Waals surface area contributed by atoms with E-state index in [1.807, 2.05) is 0 Å². The third-order valence-corrected chi connectivity index (χ3v) is 4.11. The molecule has 2 aromatic carbocycles. The van der Waals surface area contributed by atoms with Crippen molar-refractivity contribution in [1.82, 2.24) is 10.7 Å². The van der Waals surface area contributed by atoms with Crippen molar-refractivity contribution in [1.29, 1.82) is 0 Å². The van der Waals surface area contributed by atoms with E-state index in [2.05, 4.69) is 15.8 Å². The molecule has 0 aliphatic rings. The quantitative estimate of drug-likeness (QED) is 0.434. The Kier molecular flexibility index (Phi) is 8.50. The monoisotopic (exact) mass is 431 g/mol. The van der Waals surface area contributed by atoms with Crippen LogP contribution in [0.25, 0.3) is 0 Å². The van der Waals surface area contributed by atoms with Crippen LogP contribution in [0.3, 0.4) is 0 Å². The second-order valence-electron chi connectivity index (χ2n) is 6.04. The molecule has 0 saturated carbocycles. The highest BCUT2D eigenvalue weighted by atomic mass is 16.5. The molecular weight excluding hydrogens is 406 g/mol. The minimum absolute atomic E-state index is 0.273. The normalized spacial score (nSPS) is 10.4. The average molecular weight is 431 g/mol. The first-order valence-electron chi connectivity index (χ1n) is 9.08. The highest BCUT2D eigenvalue weighted by Gasteiger charge is 2.13. The molecule has 0 bridgehead atoms. The van der Waals surface area contributed by atoms with Crippen molar-refractivity contribution in [2.45, 2.75) is 0 Å². The van der Waals surface area contributed by atoms with Crippen LogP contribution < -0.4 is 34.4 Å². The Morgan fingerprint density at radius 3 is 1.90 bits per heavy atom. The molecule has 166 valence electrons.